The van der Waals surface area contributed by atoms with Crippen molar-refractivity contribution in [3.63, 3.8) is 0 Å². The lowest BCUT2D eigenvalue weighted by Gasteiger charge is -2.04. The Hall–Kier alpha value is -1.51. The zero-order valence-corrected chi connectivity index (χ0v) is 7.00. The summed E-state index contributed by atoms with van der Waals surface area (Å²) in [4.78, 5) is 10.7. The summed E-state index contributed by atoms with van der Waals surface area (Å²) in [6.45, 7) is 1.84. The molecule has 1 N–H and O–H groups in total. The van der Waals surface area contributed by atoms with E-state index in [2.05, 4.69) is 0 Å². The summed E-state index contributed by atoms with van der Waals surface area (Å²) in [7, 11) is 1.46. The largest absolute Gasteiger partial charge is 0.496 e. The van der Waals surface area contributed by atoms with Crippen LogP contribution in [0.15, 0.2) is 18.2 Å². The lowest BCUT2D eigenvalue weighted by Crippen LogP contribution is -2.00. The number of methoxy groups -OCH3 is 1. The standard InChI is InChI=1S/C9H10O3.CH4/c1-6-3-4-8(12-2)7(5-6)9(10)11;/h3-5H,1-2H3,(H,10,11);1H4. The van der Waals surface area contributed by atoms with Crippen LogP contribution in [0, 0.1) is 6.92 Å². The fourth-order valence-electron chi connectivity index (χ4n) is 0.989. The van der Waals surface area contributed by atoms with E-state index in [9.17, 15) is 4.79 Å². The maximum absolute atomic E-state index is 10.7. The Morgan fingerprint density at radius 3 is 2.54 bits per heavy atom. The third-order valence-electron chi connectivity index (χ3n) is 1.59. The van der Waals surface area contributed by atoms with Gasteiger partial charge in [0.1, 0.15) is 11.3 Å². The topological polar surface area (TPSA) is 46.5 Å². The van der Waals surface area contributed by atoms with Crippen LogP contribution in [0.1, 0.15) is 23.3 Å². The van der Waals surface area contributed by atoms with Gasteiger partial charge in [0, 0.05) is 0 Å². The van der Waals surface area contributed by atoms with Crippen LogP contribution in [0.5, 0.6) is 5.75 Å². The molecule has 0 amide bonds. The van der Waals surface area contributed by atoms with Crippen molar-refractivity contribution in [2.75, 3.05) is 7.11 Å². The molecule has 0 atom stereocenters. The fourth-order valence-corrected chi connectivity index (χ4v) is 0.989. The number of aryl methyl sites for hydroxylation is 1. The number of carbonyl (C=O) groups is 1. The van der Waals surface area contributed by atoms with Crippen molar-refractivity contribution in [3.05, 3.63) is 29.3 Å². The van der Waals surface area contributed by atoms with E-state index in [1.165, 1.54) is 7.11 Å². The molecule has 0 radical (unpaired) electrons. The second-order valence-electron chi connectivity index (χ2n) is 2.51. The molecule has 0 fully saturated rings. The van der Waals surface area contributed by atoms with Gasteiger partial charge in [-0.25, -0.2) is 4.79 Å². The minimum absolute atomic E-state index is 0. The van der Waals surface area contributed by atoms with Crippen LogP contribution >= 0.6 is 0 Å². The van der Waals surface area contributed by atoms with Gasteiger partial charge in [-0.05, 0) is 19.1 Å². The Labute approximate surface area is 78.0 Å². The van der Waals surface area contributed by atoms with E-state index >= 15 is 0 Å². The average Bonchev–Trinajstić information content (AvgIpc) is 2.04. The van der Waals surface area contributed by atoms with Gasteiger partial charge in [0.2, 0.25) is 0 Å². The van der Waals surface area contributed by atoms with Gasteiger partial charge in [0.15, 0.2) is 0 Å². The molecular weight excluding hydrogens is 168 g/mol. The number of benzene rings is 1. The first kappa shape index (κ1) is 11.5. The minimum Gasteiger partial charge on any atom is -0.496 e. The molecule has 72 valence electrons. The third kappa shape index (κ3) is 2.47. The van der Waals surface area contributed by atoms with E-state index in [-0.39, 0.29) is 13.0 Å². The predicted octanol–water partition coefficient (Wildman–Crippen LogP) is 2.34. The smallest absolute Gasteiger partial charge is 0.339 e. The highest BCUT2D eigenvalue weighted by atomic mass is 16.5. The van der Waals surface area contributed by atoms with Gasteiger partial charge >= 0.3 is 5.97 Å². The molecule has 0 aromatic heterocycles. The first-order valence-corrected chi connectivity index (χ1v) is 3.53. The molecular formula is C10H14O3. The molecule has 1 aromatic rings. The fraction of sp³-hybridized carbons (Fsp3) is 0.300. The number of hydrogen-bond acceptors (Lipinski definition) is 2. The van der Waals surface area contributed by atoms with E-state index in [1.54, 1.807) is 12.1 Å². The van der Waals surface area contributed by atoms with Crippen LogP contribution in [0.2, 0.25) is 0 Å². The number of aromatic carboxylic acids is 1. The lowest BCUT2D eigenvalue weighted by molar-refractivity contribution is 0.0693. The number of hydrogen-bond donors (Lipinski definition) is 1. The quantitative estimate of drug-likeness (QED) is 0.763. The number of ether oxygens (including phenoxy) is 1. The van der Waals surface area contributed by atoms with E-state index in [1.807, 2.05) is 13.0 Å². The van der Waals surface area contributed by atoms with Gasteiger partial charge < -0.3 is 9.84 Å². The molecule has 0 unspecified atom stereocenters. The SMILES string of the molecule is C.COc1ccc(C)cc1C(=O)O. The predicted molar refractivity (Wildman–Crippen MR) is 51.4 cm³/mol. The van der Waals surface area contributed by atoms with Crippen molar-refractivity contribution in [2.24, 2.45) is 0 Å². The number of rotatable bonds is 2. The molecule has 3 heteroatoms. The Morgan fingerprint density at radius 2 is 2.08 bits per heavy atom. The van der Waals surface area contributed by atoms with Gasteiger partial charge in [-0.3, -0.25) is 0 Å². The Morgan fingerprint density at radius 1 is 1.46 bits per heavy atom. The van der Waals surface area contributed by atoms with Gasteiger partial charge in [0.05, 0.1) is 7.11 Å². The third-order valence-corrected chi connectivity index (χ3v) is 1.59. The zero-order chi connectivity index (χ0) is 9.14. The molecule has 0 saturated heterocycles. The van der Waals surface area contributed by atoms with Crippen LogP contribution in [0.25, 0.3) is 0 Å². The van der Waals surface area contributed by atoms with Crippen molar-refractivity contribution >= 4 is 5.97 Å². The van der Waals surface area contributed by atoms with Crippen LogP contribution in [0.3, 0.4) is 0 Å². The summed E-state index contributed by atoms with van der Waals surface area (Å²) < 4.78 is 4.88. The summed E-state index contributed by atoms with van der Waals surface area (Å²) >= 11 is 0. The van der Waals surface area contributed by atoms with Crippen molar-refractivity contribution in [2.45, 2.75) is 14.4 Å². The molecule has 0 bridgehead atoms. The zero-order valence-electron chi connectivity index (χ0n) is 7.00. The van der Waals surface area contributed by atoms with Gasteiger partial charge in [-0.1, -0.05) is 19.1 Å². The van der Waals surface area contributed by atoms with Crippen LogP contribution in [0.4, 0.5) is 0 Å². The Balaban J connectivity index is 0.00000144. The van der Waals surface area contributed by atoms with Gasteiger partial charge in [0.25, 0.3) is 0 Å². The highest BCUT2D eigenvalue weighted by Gasteiger charge is 2.09. The van der Waals surface area contributed by atoms with E-state index in [0.29, 0.717) is 5.75 Å². The van der Waals surface area contributed by atoms with E-state index < -0.39 is 5.97 Å². The summed E-state index contributed by atoms with van der Waals surface area (Å²) in [6.07, 6.45) is 0. The van der Waals surface area contributed by atoms with Crippen molar-refractivity contribution in [1.82, 2.24) is 0 Å². The van der Waals surface area contributed by atoms with E-state index in [0.717, 1.165) is 5.56 Å². The van der Waals surface area contributed by atoms with Gasteiger partial charge in [-0.15, -0.1) is 0 Å². The molecule has 1 rings (SSSR count). The monoisotopic (exact) mass is 182 g/mol. The molecule has 0 heterocycles. The average molecular weight is 182 g/mol. The van der Waals surface area contributed by atoms with Gasteiger partial charge in [-0.2, -0.15) is 0 Å². The van der Waals surface area contributed by atoms with Crippen LogP contribution in [-0.2, 0) is 0 Å². The second-order valence-corrected chi connectivity index (χ2v) is 2.51. The molecule has 0 aliphatic carbocycles. The first-order valence-electron chi connectivity index (χ1n) is 3.53. The highest BCUT2D eigenvalue weighted by Crippen LogP contribution is 2.18. The molecule has 0 aliphatic heterocycles. The first-order chi connectivity index (χ1) is 5.65. The van der Waals surface area contributed by atoms with Crippen LogP contribution < -0.4 is 4.74 Å². The normalized spacial score (nSPS) is 8.77. The molecule has 0 spiro atoms. The second kappa shape index (κ2) is 4.50. The Bertz CT molecular complexity index is 305. The Kier molecular flexibility index (Phi) is 3.98. The summed E-state index contributed by atoms with van der Waals surface area (Å²) in [6, 6.07) is 5.05. The summed E-state index contributed by atoms with van der Waals surface area (Å²) in [5.74, 6) is -0.566. The summed E-state index contributed by atoms with van der Waals surface area (Å²) in [5, 5.41) is 8.74. The van der Waals surface area contributed by atoms with Crippen LogP contribution in [-0.4, -0.2) is 18.2 Å². The molecule has 0 saturated carbocycles. The van der Waals surface area contributed by atoms with Crippen molar-refractivity contribution in [1.29, 1.82) is 0 Å². The maximum Gasteiger partial charge on any atom is 0.339 e. The minimum atomic E-state index is -0.962. The summed E-state index contributed by atoms with van der Waals surface area (Å²) in [5.41, 5.74) is 1.12. The molecule has 3 nitrogen and oxygen atoms in total. The van der Waals surface area contributed by atoms with Crippen molar-refractivity contribution in [3.8, 4) is 5.75 Å². The number of carboxylic acids is 1. The maximum atomic E-state index is 10.7. The lowest BCUT2D eigenvalue weighted by atomic mass is 10.1. The number of carboxylic acid groups (broad SMARTS) is 1. The van der Waals surface area contributed by atoms with E-state index in [4.69, 9.17) is 9.84 Å². The molecule has 13 heavy (non-hydrogen) atoms. The highest BCUT2D eigenvalue weighted by molar-refractivity contribution is 5.91. The molecule has 0 aliphatic rings. The molecule has 1 aromatic carbocycles. The van der Waals surface area contributed by atoms with Crippen molar-refractivity contribution < 1.29 is 14.6 Å².